The predicted molar refractivity (Wildman–Crippen MR) is 93.3 cm³/mol. The van der Waals surface area contributed by atoms with Gasteiger partial charge >= 0.3 is 0 Å². The lowest BCUT2D eigenvalue weighted by molar-refractivity contribution is -0.122. The first-order valence-electron chi connectivity index (χ1n) is 8.09. The number of nitrogens with one attached hydrogen (secondary N) is 1. The fourth-order valence-corrected chi connectivity index (χ4v) is 2.71. The maximum Gasteiger partial charge on any atom is 0.227 e. The molecule has 0 spiro atoms. The molecule has 0 bridgehead atoms. The highest BCUT2D eigenvalue weighted by atomic mass is 16.3. The number of furan rings is 1. The van der Waals surface area contributed by atoms with Gasteiger partial charge in [-0.1, -0.05) is 37.3 Å². The molecule has 0 saturated carbocycles. The zero-order valence-corrected chi connectivity index (χ0v) is 13.6. The highest BCUT2D eigenvalue weighted by Crippen LogP contribution is 2.20. The van der Waals surface area contributed by atoms with E-state index < -0.39 is 0 Å². The van der Waals surface area contributed by atoms with Crippen LogP contribution in [0.1, 0.15) is 30.4 Å². The van der Waals surface area contributed by atoms with Crippen molar-refractivity contribution in [1.82, 2.24) is 10.3 Å². The molecule has 1 amide bonds. The van der Waals surface area contributed by atoms with E-state index in [1.54, 1.807) is 12.5 Å². The quantitative estimate of drug-likeness (QED) is 0.742. The summed E-state index contributed by atoms with van der Waals surface area (Å²) in [6, 6.07) is 17.4. The van der Waals surface area contributed by atoms with E-state index in [1.807, 2.05) is 61.5 Å². The Balaban J connectivity index is 1.67. The molecule has 4 nitrogen and oxygen atoms in total. The Hall–Kier alpha value is -2.88. The van der Waals surface area contributed by atoms with Crippen LogP contribution in [0.5, 0.6) is 0 Å². The van der Waals surface area contributed by atoms with E-state index in [0.29, 0.717) is 6.54 Å². The fraction of sp³-hybridized carbons (Fsp3) is 0.200. The number of hydrogen-bond acceptors (Lipinski definition) is 3. The maximum atomic E-state index is 12.5. The van der Waals surface area contributed by atoms with Gasteiger partial charge in [0.2, 0.25) is 5.91 Å². The first-order chi connectivity index (χ1) is 11.8. The molecule has 0 fully saturated rings. The van der Waals surface area contributed by atoms with Crippen LogP contribution in [0.3, 0.4) is 0 Å². The van der Waals surface area contributed by atoms with Gasteiger partial charge in [0.25, 0.3) is 0 Å². The van der Waals surface area contributed by atoms with Gasteiger partial charge in [0.05, 0.1) is 12.2 Å². The van der Waals surface area contributed by atoms with Crippen molar-refractivity contribution in [1.29, 1.82) is 0 Å². The van der Waals surface area contributed by atoms with Crippen LogP contribution in [-0.2, 0) is 11.3 Å². The van der Waals surface area contributed by atoms with E-state index in [9.17, 15) is 4.79 Å². The number of carbonyl (C=O) groups is 1. The molecular formula is C20H20N2O2. The zero-order chi connectivity index (χ0) is 16.8. The van der Waals surface area contributed by atoms with E-state index in [-0.39, 0.29) is 11.8 Å². The SMILES string of the molecule is CC[C@@H](C(=O)NCc1ccnc(-c2ccco2)c1)c1ccccc1. The number of nitrogens with zero attached hydrogens (tertiary/aromatic N) is 1. The first kappa shape index (κ1) is 16.0. The van der Waals surface area contributed by atoms with E-state index in [1.165, 1.54) is 0 Å². The fourth-order valence-electron chi connectivity index (χ4n) is 2.71. The standard InChI is InChI=1S/C20H20N2O2/c1-2-17(16-7-4-3-5-8-16)20(23)22-14-15-10-11-21-18(13-15)19-9-6-12-24-19/h3-13,17H,2,14H2,1H3,(H,22,23)/t17-/m1/s1. The molecule has 0 aliphatic rings. The lowest BCUT2D eigenvalue weighted by Crippen LogP contribution is -2.28. The third-order valence-electron chi connectivity index (χ3n) is 3.99. The smallest absolute Gasteiger partial charge is 0.227 e. The van der Waals surface area contributed by atoms with Crippen molar-refractivity contribution in [2.24, 2.45) is 0 Å². The second kappa shape index (κ2) is 7.59. The molecule has 0 radical (unpaired) electrons. The first-order valence-corrected chi connectivity index (χ1v) is 8.09. The lowest BCUT2D eigenvalue weighted by Gasteiger charge is -2.15. The lowest BCUT2D eigenvalue weighted by atomic mass is 9.95. The van der Waals surface area contributed by atoms with Gasteiger partial charge in [-0.05, 0) is 41.8 Å². The summed E-state index contributed by atoms with van der Waals surface area (Å²) in [6.07, 6.45) is 4.12. The van der Waals surface area contributed by atoms with Gasteiger partial charge in [-0.25, -0.2) is 0 Å². The van der Waals surface area contributed by atoms with Gasteiger partial charge in [-0.2, -0.15) is 0 Å². The number of rotatable bonds is 6. The highest BCUT2D eigenvalue weighted by Gasteiger charge is 2.18. The summed E-state index contributed by atoms with van der Waals surface area (Å²) in [7, 11) is 0. The molecule has 24 heavy (non-hydrogen) atoms. The van der Waals surface area contributed by atoms with Crippen LogP contribution in [0.2, 0.25) is 0 Å². The van der Waals surface area contributed by atoms with Crippen LogP contribution in [0.25, 0.3) is 11.5 Å². The Morgan fingerprint density at radius 2 is 2.00 bits per heavy atom. The average Bonchev–Trinajstić information content (AvgIpc) is 3.16. The number of pyridine rings is 1. The second-order valence-electron chi connectivity index (χ2n) is 5.62. The van der Waals surface area contributed by atoms with Crippen molar-refractivity contribution in [2.75, 3.05) is 0 Å². The van der Waals surface area contributed by atoms with Crippen LogP contribution in [-0.4, -0.2) is 10.9 Å². The summed E-state index contributed by atoms with van der Waals surface area (Å²) in [5.41, 5.74) is 2.80. The summed E-state index contributed by atoms with van der Waals surface area (Å²) in [4.78, 5) is 16.8. The van der Waals surface area contributed by atoms with E-state index >= 15 is 0 Å². The van der Waals surface area contributed by atoms with Gasteiger partial charge in [-0.3, -0.25) is 9.78 Å². The molecule has 1 atom stereocenters. The molecule has 0 aliphatic heterocycles. The van der Waals surface area contributed by atoms with Crippen molar-refractivity contribution < 1.29 is 9.21 Å². The molecule has 0 unspecified atom stereocenters. The van der Waals surface area contributed by atoms with Crippen molar-refractivity contribution in [3.05, 3.63) is 78.2 Å². The van der Waals surface area contributed by atoms with Crippen molar-refractivity contribution in [2.45, 2.75) is 25.8 Å². The average molecular weight is 320 g/mol. The molecule has 3 aromatic rings. The molecule has 3 rings (SSSR count). The van der Waals surface area contributed by atoms with Crippen LogP contribution in [0.4, 0.5) is 0 Å². The molecule has 122 valence electrons. The maximum absolute atomic E-state index is 12.5. The molecule has 1 N–H and O–H groups in total. The van der Waals surface area contributed by atoms with Crippen molar-refractivity contribution >= 4 is 5.91 Å². The summed E-state index contributed by atoms with van der Waals surface area (Å²) in [5.74, 6) is 0.636. The normalized spacial score (nSPS) is 11.9. The van der Waals surface area contributed by atoms with E-state index in [4.69, 9.17) is 4.42 Å². The second-order valence-corrected chi connectivity index (χ2v) is 5.62. The molecule has 1 aromatic carbocycles. The van der Waals surface area contributed by atoms with Crippen LogP contribution in [0, 0.1) is 0 Å². The molecule has 2 aromatic heterocycles. The molecule has 0 saturated heterocycles. The van der Waals surface area contributed by atoms with Gasteiger partial charge in [0.1, 0.15) is 5.69 Å². The molecule has 2 heterocycles. The largest absolute Gasteiger partial charge is 0.463 e. The number of hydrogen-bond donors (Lipinski definition) is 1. The summed E-state index contributed by atoms with van der Waals surface area (Å²) < 4.78 is 5.36. The third kappa shape index (κ3) is 3.71. The number of carbonyl (C=O) groups excluding carboxylic acids is 1. The minimum atomic E-state index is -0.127. The topological polar surface area (TPSA) is 55.1 Å². The minimum absolute atomic E-state index is 0.0417. The van der Waals surface area contributed by atoms with Crippen molar-refractivity contribution in [3.63, 3.8) is 0 Å². The van der Waals surface area contributed by atoms with Crippen LogP contribution < -0.4 is 5.32 Å². The summed E-state index contributed by atoms with van der Waals surface area (Å²) >= 11 is 0. The van der Waals surface area contributed by atoms with Gasteiger partial charge in [0, 0.05) is 12.7 Å². The Morgan fingerprint density at radius 3 is 2.71 bits per heavy atom. The van der Waals surface area contributed by atoms with E-state index in [2.05, 4.69) is 10.3 Å². The minimum Gasteiger partial charge on any atom is -0.463 e. The Bertz CT molecular complexity index is 782. The molecular weight excluding hydrogens is 300 g/mol. The summed E-state index contributed by atoms with van der Waals surface area (Å²) in [5, 5.41) is 3.02. The third-order valence-corrected chi connectivity index (χ3v) is 3.99. The highest BCUT2D eigenvalue weighted by molar-refractivity contribution is 5.83. The van der Waals surface area contributed by atoms with E-state index in [0.717, 1.165) is 29.0 Å². The Labute approximate surface area is 141 Å². The summed E-state index contributed by atoms with van der Waals surface area (Å²) in [6.45, 7) is 2.50. The van der Waals surface area contributed by atoms with Crippen LogP contribution >= 0.6 is 0 Å². The number of amides is 1. The monoisotopic (exact) mass is 320 g/mol. The molecule has 0 aliphatic carbocycles. The van der Waals surface area contributed by atoms with Crippen LogP contribution in [0.15, 0.2) is 71.5 Å². The number of aromatic nitrogens is 1. The van der Waals surface area contributed by atoms with Gasteiger partial charge in [-0.15, -0.1) is 0 Å². The molecule has 4 heteroatoms. The number of benzene rings is 1. The Kier molecular flexibility index (Phi) is 5.06. The predicted octanol–water partition coefficient (Wildman–Crippen LogP) is 4.15. The zero-order valence-electron chi connectivity index (χ0n) is 13.6. The Morgan fingerprint density at radius 1 is 1.17 bits per heavy atom. The van der Waals surface area contributed by atoms with Gasteiger partial charge < -0.3 is 9.73 Å². The van der Waals surface area contributed by atoms with Gasteiger partial charge in [0.15, 0.2) is 5.76 Å². The van der Waals surface area contributed by atoms with Crippen molar-refractivity contribution in [3.8, 4) is 11.5 Å².